The van der Waals surface area contributed by atoms with Gasteiger partial charge in [-0.05, 0) is 31.0 Å². The Bertz CT molecular complexity index is 302. The van der Waals surface area contributed by atoms with Crippen molar-refractivity contribution in [3.05, 3.63) is 24.1 Å². The summed E-state index contributed by atoms with van der Waals surface area (Å²) in [6, 6.07) is 3.14. The van der Waals surface area contributed by atoms with Gasteiger partial charge >= 0.3 is 0 Å². The van der Waals surface area contributed by atoms with Crippen LogP contribution in [0.2, 0.25) is 0 Å². The first-order valence-corrected chi connectivity index (χ1v) is 5.22. The van der Waals surface area contributed by atoms with Crippen LogP contribution in [-0.2, 0) is 0 Å². The lowest BCUT2D eigenvalue weighted by atomic mass is 10.0. The standard InChI is InChI=1S/C11H18FN3/c1-8(2)10(5-6-13)15-11-9(12)4-3-7-14-11/h3-4,7-8,10H,5-6,13H2,1-2H3,(H,14,15). The van der Waals surface area contributed by atoms with Crippen LogP contribution < -0.4 is 11.1 Å². The second-order valence-electron chi connectivity index (χ2n) is 3.91. The molecule has 0 aliphatic carbocycles. The van der Waals surface area contributed by atoms with E-state index in [2.05, 4.69) is 24.1 Å². The molecule has 0 spiro atoms. The van der Waals surface area contributed by atoms with E-state index in [1.165, 1.54) is 6.07 Å². The van der Waals surface area contributed by atoms with Crippen LogP contribution in [0.3, 0.4) is 0 Å². The van der Waals surface area contributed by atoms with Crippen molar-refractivity contribution in [1.82, 2.24) is 4.98 Å². The van der Waals surface area contributed by atoms with Crippen molar-refractivity contribution < 1.29 is 4.39 Å². The third-order valence-electron chi connectivity index (χ3n) is 2.36. The minimum atomic E-state index is -0.319. The smallest absolute Gasteiger partial charge is 0.165 e. The van der Waals surface area contributed by atoms with Crippen molar-refractivity contribution in [3.8, 4) is 0 Å². The van der Waals surface area contributed by atoms with Gasteiger partial charge < -0.3 is 11.1 Å². The van der Waals surface area contributed by atoms with Crippen LogP contribution in [0, 0.1) is 11.7 Å². The van der Waals surface area contributed by atoms with Crippen molar-refractivity contribution in [2.75, 3.05) is 11.9 Å². The lowest BCUT2D eigenvalue weighted by Gasteiger charge is -2.22. The zero-order valence-corrected chi connectivity index (χ0v) is 9.20. The SMILES string of the molecule is CC(C)C(CCN)Nc1ncccc1F. The Labute approximate surface area is 89.9 Å². The van der Waals surface area contributed by atoms with Crippen LogP contribution in [-0.4, -0.2) is 17.6 Å². The predicted molar refractivity (Wildman–Crippen MR) is 60.1 cm³/mol. The summed E-state index contributed by atoms with van der Waals surface area (Å²) < 4.78 is 13.3. The van der Waals surface area contributed by atoms with E-state index < -0.39 is 0 Å². The molecule has 0 fully saturated rings. The van der Waals surface area contributed by atoms with Gasteiger partial charge in [-0.1, -0.05) is 13.8 Å². The number of hydrogen-bond acceptors (Lipinski definition) is 3. The number of nitrogens with two attached hydrogens (primary N) is 1. The molecule has 0 saturated carbocycles. The summed E-state index contributed by atoms with van der Waals surface area (Å²) in [6.45, 7) is 4.74. The molecule has 0 aliphatic heterocycles. The Morgan fingerprint density at radius 1 is 1.53 bits per heavy atom. The molecular weight excluding hydrogens is 193 g/mol. The van der Waals surface area contributed by atoms with Crippen molar-refractivity contribution >= 4 is 5.82 Å². The fraction of sp³-hybridized carbons (Fsp3) is 0.545. The maximum atomic E-state index is 13.3. The number of hydrogen-bond donors (Lipinski definition) is 2. The maximum Gasteiger partial charge on any atom is 0.165 e. The lowest BCUT2D eigenvalue weighted by molar-refractivity contribution is 0.493. The Hall–Kier alpha value is -1.16. The molecule has 1 atom stereocenters. The van der Waals surface area contributed by atoms with Crippen LogP contribution in [0.15, 0.2) is 18.3 Å². The average molecular weight is 211 g/mol. The molecule has 0 bridgehead atoms. The van der Waals surface area contributed by atoms with Gasteiger partial charge in [-0.15, -0.1) is 0 Å². The van der Waals surface area contributed by atoms with E-state index in [1.807, 2.05) is 0 Å². The molecular formula is C11H18FN3. The number of pyridine rings is 1. The van der Waals surface area contributed by atoms with Crippen LogP contribution in [0.5, 0.6) is 0 Å². The van der Waals surface area contributed by atoms with E-state index in [9.17, 15) is 4.39 Å². The summed E-state index contributed by atoms with van der Waals surface area (Å²) in [7, 11) is 0. The predicted octanol–water partition coefficient (Wildman–Crippen LogP) is 2.01. The van der Waals surface area contributed by atoms with Crippen molar-refractivity contribution in [1.29, 1.82) is 0 Å². The van der Waals surface area contributed by atoms with Gasteiger partial charge in [0.15, 0.2) is 11.6 Å². The number of nitrogens with zero attached hydrogens (tertiary/aromatic N) is 1. The van der Waals surface area contributed by atoms with Gasteiger partial charge in [0.25, 0.3) is 0 Å². The molecule has 4 heteroatoms. The fourth-order valence-electron chi connectivity index (χ4n) is 1.42. The number of halogens is 1. The van der Waals surface area contributed by atoms with Crippen LogP contribution in [0.25, 0.3) is 0 Å². The summed E-state index contributed by atoms with van der Waals surface area (Å²) in [5, 5.41) is 3.08. The van der Waals surface area contributed by atoms with Crippen LogP contribution >= 0.6 is 0 Å². The number of aromatic nitrogens is 1. The molecule has 3 N–H and O–H groups in total. The highest BCUT2D eigenvalue weighted by Gasteiger charge is 2.14. The first-order chi connectivity index (χ1) is 7.15. The quantitative estimate of drug-likeness (QED) is 0.783. The lowest BCUT2D eigenvalue weighted by Crippen LogP contribution is -2.29. The van der Waals surface area contributed by atoms with Crippen molar-refractivity contribution in [2.45, 2.75) is 26.3 Å². The number of anilines is 1. The van der Waals surface area contributed by atoms with Crippen molar-refractivity contribution in [2.24, 2.45) is 11.7 Å². The highest BCUT2D eigenvalue weighted by Crippen LogP contribution is 2.15. The fourth-order valence-corrected chi connectivity index (χ4v) is 1.42. The average Bonchev–Trinajstić information content (AvgIpc) is 2.20. The van der Waals surface area contributed by atoms with E-state index in [0.717, 1.165) is 6.42 Å². The molecule has 1 aromatic rings. The normalized spacial score (nSPS) is 12.9. The molecule has 3 nitrogen and oxygen atoms in total. The largest absolute Gasteiger partial charge is 0.365 e. The molecule has 1 unspecified atom stereocenters. The number of rotatable bonds is 5. The monoisotopic (exact) mass is 211 g/mol. The van der Waals surface area contributed by atoms with E-state index >= 15 is 0 Å². The maximum absolute atomic E-state index is 13.3. The third-order valence-corrected chi connectivity index (χ3v) is 2.36. The first kappa shape index (κ1) is 11.9. The molecule has 0 amide bonds. The Kier molecular flexibility index (Phi) is 4.49. The number of nitrogens with one attached hydrogen (secondary N) is 1. The van der Waals surface area contributed by atoms with Crippen LogP contribution in [0.1, 0.15) is 20.3 Å². The molecule has 1 rings (SSSR count). The Balaban J connectivity index is 2.69. The highest BCUT2D eigenvalue weighted by molar-refractivity contribution is 5.36. The molecule has 0 aromatic carbocycles. The molecule has 0 aliphatic rings. The summed E-state index contributed by atoms with van der Waals surface area (Å²) in [6.07, 6.45) is 2.39. The van der Waals surface area contributed by atoms with E-state index in [1.54, 1.807) is 12.3 Å². The van der Waals surface area contributed by atoms with Gasteiger partial charge in [0.2, 0.25) is 0 Å². The van der Waals surface area contributed by atoms with Gasteiger partial charge in [0.05, 0.1) is 0 Å². The minimum Gasteiger partial charge on any atom is -0.365 e. The summed E-state index contributed by atoms with van der Waals surface area (Å²) in [5.74, 6) is 0.389. The summed E-state index contributed by atoms with van der Waals surface area (Å²) in [4.78, 5) is 3.96. The molecule has 0 radical (unpaired) electrons. The minimum absolute atomic E-state index is 0.166. The second kappa shape index (κ2) is 5.66. The van der Waals surface area contributed by atoms with E-state index in [4.69, 9.17) is 5.73 Å². The van der Waals surface area contributed by atoms with Crippen molar-refractivity contribution in [3.63, 3.8) is 0 Å². The molecule has 84 valence electrons. The van der Waals surface area contributed by atoms with Crippen LogP contribution in [0.4, 0.5) is 10.2 Å². The Morgan fingerprint density at radius 3 is 2.80 bits per heavy atom. The second-order valence-corrected chi connectivity index (χ2v) is 3.91. The van der Waals surface area contributed by atoms with E-state index in [0.29, 0.717) is 18.3 Å². The first-order valence-electron chi connectivity index (χ1n) is 5.22. The summed E-state index contributed by atoms with van der Waals surface area (Å²) >= 11 is 0. The topological polar surface area (TPSA) is 50.9 Å². The van der Waals surface area contributed by atoms with Gasteiger partial charge in [0, 0.05) is 12.2 Å². The highest BCUT2D eigenvalue weighted by atomic mass is 19.1. The summed E-state index contributed by atoms with van der Waals surface area (Å²) in [5.41, 5.74) is 5.50. The molecule has 15 heavy (non-hydrogen) atoms. The molecule has 0 saturated heterocycles. The van der Waals surface area contributed by atoms with E-state index in [-0.39, 0.29) is 11.9 Å². The van der Waals surface area contributed by atoms with Gasteiger partial charge in [-0.25, -0.2) is 9.37 Å². The zero-order chi connectivity index (χ0) is 11.3. The zero-order valence-electron chi connectivity index (χ0n) is 9.20. The molecule has 1 heterocycles. The molecule has 1 aromatic heterocycles. The van der Waals surface area contributed by atoms with Gasteiger partial charge in [-0.2, -0.15) is 0 Å². The van der Waals surface area contributed by atoms with Gasteiger partial charge in [0.1, 0.15) is 0 Å². The van der Waals surface area contributed by atoms with Gasteiger partial charge in [-0.3, -0.25) is 0 Å². The third kappa shape index (κ3) is 3.47. The Morgan fingerprint density at radius 2 is 2.27 bits per heavy atom.